The van der Waals surface area contributed by atoms with E-state index in [-0.39, 0.29) is 0 Å². The molecule has 0 fully saturated rings. The zero-order valence-corrected chi connectivity index (χ0v) is 8.03. The van der Waals surface area contributed by atoms with Crippen LogP contribution >= 0.6 is 0 Å². The van der Waals surface area contributed by atoms with Crippen molar-refractivity contribution < 1.29 is 0 Å². The molecule has 0 aliphatic heterocycles. The summed E-state index contributed by atoms with van der Waals surface area (Å²) in [5.41, 5.74) is 0. The van der Waals surface area contributed by atoms with Crippen molar-refractivity contribution in [3.63, 3.8) is 0 Å². The summed E-state index contributed by atoms with van der Waals surface area (Å²) < 4.78 is 0. The molecule has 0 aromatic heterocycles. The maximum Gasteiger partial charge on any atom is -0.0166 e. The van der Waals surface area contributed by atoms with Crippen LogP contribution in [0.3, 0.4) is 0 Å². The molecular weight excluding hydrogens is 144 g/mol. The Bertz CT molecular complexity index is 180. The molecule has 0 bridgehead atoms. The van der Waals surface area contributed by atoms with E-state index in [0.29, 0.717) is 0 Å². The van der Waals surface area contributed by atoms with Gasteiger partial charge in [0.1, 0.15) is 0 Å². The third-order valence-corrected chi connectivity index (χ3v) is 1.39. The Hall–Kier alpha value is -1.04. The Morgan fingerprint density at radius 1 is 0.667 bits per heavy atom. The monoisotopic (exact) mass is 162 g/mol. The third-order valence-electron chi connectivity index (χ3n) is 1.39. The van der Waals surface area contributed by atoms with Crippen LogP contribution in [-0.2, 0) is 0 Å². The van der Waals surface area contributed by atoms with Gasteiger partial charge in [0.25, 0.3) is 0 Å². The first-order chi connectivity index (χ1) is 5.91. The van der Waals surface area contributed by atoms with Gasteiger partial charge in [-0.3, -0.25) is 0 Å². The van der Waals surface area contributed by atoms with E-state index in [4.69, 9.17) is 0 Å². The number of hydrogen-bond donors (Lipinski definition) is 0. The minimum Gasteiger partial charge on any atom is -0.0914 e. The number of allylic oxidation sites excluding steroid dienone is 8. The highest BCUT2D eigenvalue weighted by Gasteiger charge is 1.69. The van der Waals surface area contributed by atoms with E-state index in [2.05, 4.69) is 36.5 Å². The molecule has 0 saturated heterocycles. The average molecular weight is 162 g/mol. The van der Waals surface area contributed by atoms with Crippen LogP contribution in [0, 0.1) is 0 Å². The SMILES string of the molecule is C/C=C/C=C/C/C=C/C/C=C/C. The molecule has 0 aliphatic carbocycles. The molecule has 0 N–H and O–H groups in total. The van der Waals surface area contributed by atoms with Gasteiger partial charge in [0.05, 0.1) is 0 Å². The van der Waals surface area contributed by atoms with Crippen molar-refractivity contribution in [2.24, 2.45) is 0 Å². The van der Waals surface area contributed by atoms with Crippen LogP contribution in [0.1, 0.15) is 26.7 Å². The summed E-state index contributed by atoms with van der Waals surface area (Å²) in [6, 6.07) is 0. The first-order valence-electron chi connectivity index (χ1n) is 4.45. The minimum atomic E-state index is 1.03. The minimum absolute atomic E-state index is 1.03. The largest absolute Gasteiger partial charge is 0.0914 e. The van der Waals surface area contributed by atoms with Gasteiger partial charge in [-0.1, -0.05) is 48.6 Å². The van der Waals surface area contributed by atoms with Crippen LogP contribution in [-0.4, -0.2) is 0 Å². The molecule has 0 rings (SSSR count). The lowest BCUT2D eigenvalue weighted by Crippen LogP contribution is -1.59. The van der Waals surface area contributed by atoms with E-state index in [1.54, 1.807) is 0 Å². The summed E-state index contributed by atoms with van der Waals surface area (Å²) in [5.74, 6) is 0. The molecule has 0 radical (unpaired) electrons. The van der Waals surface area contributed by atoms with Gasteiger partial charge in [-0.05, 0) is 26.7 Å². The van der Waals surface area contributed by atoms with Crippen molar-refractivity contribution in [2.45, 2.75) is 26.7 Å². The fourth-order valence-corrected chi connectivity index (χ4v) is 0.754. The zero-order chi connectivity index (χ0) is 9.07. The first-order valence-corrected chi connectivity index (χ1v) is 4.45. The molecule has 0 aromatic carbocycles. The molecular formula is C12H18. The molecule has 12 heavy (non-hydrogen) atoms. The molecule has 0 heteroatoms. The fraction of sp³-hybridized carbons (Fsp3) is 0.333. The van der Waals surface area contributed by atoms with Gasteiger partial charge in [0.2, 0.25) is 0 Å². The molecule has 0 aliphatic rings. The average Bonchev–Trinajstić information content (AvgIpc) is 2.10. The quantitative estimate of drug-likeness (QED) is 0.423. The van der Waals surface area contributed by atoms with Crippen LogP contribution in [0.2, 0.25) is 0 Å². The second-order valence-corrected chi connectivity index (χ2v) is 2.47. The molecule has 0 unspecified atom stereocenters. The third kappa shape index (κ3) is 8.96. The molecule has 0 heterocycles. The lowest BCUT2D eigenvalue weighted by atomic mass is 10.3. The van der Waals surface area contributed by atoms with Crippen molar-refractivity contribution in [3.05, 3.63) is 48.6 Å². The lowest BCUT2D eigenvalue weighted by molar-refractivity contribution is 1.30. The Morgan fingerprint density at radius 3 is 1.92 bits per heavy atom. The summed E-state index contributed by atoms with van der Waals surface area (Å²) in [4.78, 5) is 0. The summed E-state index contributed by atoms with van der Waals surface area (Å²) in [5, 5.41) is 0. The molecule has 0 spiro atoms. The number of rotatable bonds is 5. The van der Waals surface area contributed by atoms with Crippen LogP contribution < -0.4 is 0 Å². The van der Waals surface area contributed by atoms with Gasteiger partial charge in [-0.2, -0.15) is 0 Å². The van der Waals surface area contributed by atoms with Crippen molar-refractivity contribution >= 4 is 0 Å². The first kappa shape index (κ1) is 11.0. The predicted molar refractivity (Wildman–Crippen MR) is 57.1 cm³/mol. The highest BCUT2D eigenvalue weighted by atomic mass is 13.8. The molecule has 66 valence electrons. The predicted octanol–water partition coefficient (Wildman–Crippen LogP) is 4.03. The molecule has 0 amide bonds. The second-order valence-electron chi connectivity index (χ2n) is 2.47. The van der Waals surface area contributed by atoms with Crippen molar-refractivity contribution in [2.75, 3.05) is 0 Å². The van der Waals surface area contributed by atoms with E-state index >= 15 is 0 Å². The van der Waals surface area contributed by atoms with E-state index in [1.165, 1.54) is 0 Å². The van der Waals surface area contributed by atoms with Gasteiger partial charge >= 0.3 is 0 Å². The van der Waals surface area contributed by atoms with Crippen LogP contribution in [0.5, 0.6) is 0 Å². The van der Waals surface area contributed by atoms with Gasteiger partial charge in [0, 0.05) is 0 Å². The smallest absolute Gasteiger partial charge is 0.0166 e. The molecule has 0 aromatic rings. The Labute approximate surface area is 76.0 Å². The molecule has 0 atom stereocenters. The van der Waals surface area contributed by atoms with E-state index < -0.39 is 0 Å². The normalized spacial score (nSPS) is 13.2. The lowest BCUT2D eigenvalue weighted by Gasteiger charge is -1.80. The number of hydrogen-bond acceptors (Lipinski definition) is 0. The molecule has 0 nitrogen and oxygen atoms in total. The second kappa shape index (κ2) is 9.96. The van der Waals surface area contributed by atoms with Crippen molar-refractivity contribution in [3.8, 4) is 0 Å². The van der Waals surface area contributed by atoms with Crippen LogP contribution in [0.15, 0.2) is 48.6 Å². The summed E-state index contributed by atoms with van der Waals surface area (Å²) >= 11 is 0. The Balaban J connectivity index is 3.35. The van der Waals surface area contributed by atoms with Crippen molar-refractivity contribution in [1.29, 1.82) is 0 Å². The van der Waals surface area contributed by atoms with Gasteiger partial charge in [-0.15, -0.1) is 0 Å². The summed E-state index contributed by atoms with van der Waals surface area (Å²) in [7, 11) is 0. The van der Waals surface area contributed by atoms with Crippen molar-refractivity contribution in [1.82, 2.24) is 0 Å². The highest BCUT2D eigenvalue weighted by Crippen LogP contribution is 1.90. The van der Waals surface area contributed by atoms with E-state index in [0.717, 1.165) is 12.8 Å². The topological polar surface area (TPSA) is 0 Å². The van der Waals surface area contributed by atoms with Gasteiger partial charge < -0.3 is 0 Å². The highest BCUT2D eigenvalue weighted by molar-refractivity contribution is 5.04. The Morgan fingerprint density at radius 2 is 1.33 bits per heavy atom. The summed E-state index contributed by atoms with van der Waals surface area (Å²) in [6.45, 7) is 4.06. The zero-order valence-electron chi connectivity index (χ0n) is 8.03. The standard InChI is InChI=1S/C12H18/c1-3-5-7-9-11-12-10-8-6-4-2/h3-7,9-10,12H,8,11H2,1-2H3/b5-3+,6-4+,9-7+,12-10+. The van der Waals surface area contributed by atoms with E-state index in [9.17, 15) is 0 Å². The molecule has 0 saturated carbocycles. The van der Waals surface area contributed by atoms with Gasteiger partial charge in [0.15, 0.2) is 0 Å². The van der Waals surface area contributed by atoms with Gasteiger partial charge in [-0.25, -0.2) is 0 Å². The maximum atomic E-state index is 2.18. The van der Waals surface area contributed by atoms with Crippen LogP contribution in [0.25, 0.3) is 0 Å². The summed E-state index contributed by atoms with van der Waals surface area (Å²) in [6.07, 6.45) is 18.9. The fourth-order valence-electron chi connectivity index (χ4n) is 0.754. The van der Waals surface area contributed by atoms with Crippen LogP contribution in [0.4, 0.5) is 0 Å². The van der Waals surface area contributed by atoms with E-state index in [1.807, 2.05) is 26.0 Å². The maximum absolute atomic E-state index is 2.18. The Kier molecular flexibility index (Phi) is 9.10.